The van der Waals surface area contributed by atoms with Gasteiger partial charge in [-0.1, -0.05) is 0 Å². The Labute approximate surface area is 80.1 Å². The number of carbonyl (C=O) groups is 1. The number of ether oxygens (including phenoxy) is 1. The Balaban J connectivity index is 2.54. The van der Waals surface area contributed by atoms with Crippen LogP contribution in [-0.2, 0) is 9.53 Å². The first kappa shape index (κ1) is 10.7. The predicted octanol–water partition coefficient (Wildman–Crippen LogP) is 1.07. The van der Waals surface area contributed by atoms with Gasteiger partial charge in [-0.25, -0.2) is 0 Å². The van der Waals surface area contributed by atoms with E-state index in [0.29, 0.717) is 0 Å². The quantitative estimate of drug-likeness (QED) is 0.644. The molecule has 1 rings (SSSR count). The summed E-state index contributed by atoms with van der Waals surface area (Å²) in [6, 6.07) is 0.0359. The van der Waals surface area contributed by atoms with Crippen LogP contribution in [0.15, 0.2) is 0 Å². The summed E-state index contributed by atoms with van der Waals surface area (Å²) in [4.78, 5) is 13.4. The van der Waals surface area contributed by atoms with Crippen molar-refractivity contribution >= 4 is 5.78 Å². The molecule has 0 aromatic carbocycles. The van der Waals surface area contributed by atoms with Crippen LogP contribution in [0.4, 0.5) is 0 Å². The van der Waals surface area contributed by atoms with Gasteiger partial charge in [-0.2, -0.15) is 0 Å². The lowest BCUT2D eigenvalue weighted by Crippen LogP contribution is -2.51. The van der Waals surface area contributed by atoms with Crippen LogP contribution in [0, 0.1) is 0 Å². The first-order valence-electron chi connectivity index (χ1n) is 4.90. The van der Waals surface area contributed by atoms with Gasteiger partial charge in [-0.05, 0) is 27.7 Å². The standard InChI is InChI=1S/C10H19NO2/c1-7-5-11(6-8(2)13-7)9(3)10(4)12/h7-9H,5-6H2,1-4H3/t7-,8+,9?. The molecule has 1 fully saturated rings. The fourth-order valence-electron chi connectivity index (χ4n) is 1.79. The van der Waals surface area contributed by atoms with Gasteiger partial charge < -0.3 is 4.74 Å². The van der Waals surface area contributed by atoms with Gasteiger partial charge in [-0.3, -0.25) is 9.69 Å². The number of hydrogen-bond acceptors (Lipinski definition) is 3. The zero-order valence-electron chi connectivity index (χ0n) is 8.91. The van der Waals surface area contributed by atoms with Crippen molar-refractivity contribution in [2.24, 2.45) is 0 Å². The largest absolute Gasteiger partial charge is 0.373 e. The summed E-state index contributed by atoms with van der Waals surface area (Å²) in [7, 11) is 0. The van der Waals surface area contributed by atoms with Crippen LogP contribution >= 0.6 is 0 Å². The van der Waals surface area contributed by atoms with E-state index in [2.05, 4.69) is 18.7 Å². The SMILES string of the molecule is CC(=O)C(C)N1C[C@@H](C)O[C@@H](C)C1. The molecule has 0 bridgehead atoms. The van der Waals surface area contributed by atoms with Crippen molar-refractivity contribution in [2.75, 3.05) is 13.1 Å². The van der Waals surface area contributed by atoms with Crippen LogP contribution in [0.5, 0.6) is 0 Å². The molecular weight excluding hydrogens is 166 g/mol. The first-order valence-corrected chi connectivity index (χ1v) is 4.90. The van der Waals surface area contributed by atoms with Crippen molar-refractivity contribution in [3.63, 3.8) is 0 Å². The summed E-state index contributed by atoms with van der Waals surface area (Å²) in [5.41, 5.74) is 0. The molecule has 3 atom stereocenters. The minimum atomic E-state index is 0.0359. The van der Waals surface area contributed by atoms with Gasteiger partial charge in [0, 0.05) is 13.1 Å². The Kier molecular flexibility index (Phi) is 3.45. The van der Waals surface area contributed by atoms with E-state index < -0.39 is 0 Å². The maximum atomic E-state index is 11.2. The molecule has 3 heteroatoms. The van der Waals surface area contributed by atoms with E-state index >= 15 is 0 Å². The molecule has 0 saturated carbocycles. The van der Waals surface area contributed by atoms with E-state index in [0.717, 1.165) is 13.1 Å². The monoisotopic (exact) mass is 185 g/mol. The van der Waals surface area contributed by atoms with Crippen LogP contribution < -0.4 is 0 Å². The van der Waals surface area contributed by atoms with Gasteiger partial charge in [-0.15, -0.1) is 0 Å². The second-order valence-electron chi connectivity index (χ2n) is 4.00. The molecule has 0 N–H and O–H groups in total. The van der Waals surface area contributed by atoms with Crippen molar-refractivity contribution in [3.8, 4) is 0 Å². The molecule has 76 valence electrons. The number of nitrogens with zero attached hydrogens (tertiary/aromatic N) is 1. The lowest BCUT2D eigenvalue weighted by Gasteiger charge is -2.37. The maximum Gasteiger partial charge on any atom is 0.146 e. The van der Waals surface area contributed by atoms with Crippen LogP contribution in [0.3, 0.4) is 0 Å². The average Bonchev–Trinajstić information content (AvgIpc) is 2.01. The lowest BCUT2D eigenvalue weighted by atomic mass is 10.1. The second-order valence-corrected chi connectivity index (χ2v) is 4.00. The molecule has 0 spiro atoms. The first-order chi connectivity index (χ1) is 6.00. The number of hydrogen-bond donors (Lipinski definition) is 0. The number of ketones is 1. The summed E-state index contributed by atoms with van der Waals surface area (Å²) < 4.78 is 5.59. The minimum absolute atomic E-state index is 0.0359. The highest BCUT2D eigenvalue weighted by molar-refractivity contribution is 5.80. The second kappa shape index (κ2) is 4.20. The van der Waals surface area contributed by atoms with E-state index in [9.17, 15) is 4.79 Å². The molecule has 1 aliphatic heterocycles. The smallest absolute Gasteiger partial charge is 0.146 e. The molecule has 1 heterocycles. The summed E-state index contributed by atoms with van der Waals surface area (Å²) in [6.07, 6.45) is 0.482. The third-order valence-electron chi connectivity index (χ3n) is 2.58. The maximum absolute atomic E-state index is 11.2. The van der Waals surface area contributed by atoms with E-state index in [1.165, 1.54) is 0 Å². The Bertz CT molecular complexity index is 183. The molecule has 0 aliphatic carbocycles. The normalized spacial score (nSPS) is 32.9. The Morgan fingerprint density at radius 3 is 2.23 bits per heavy atom. The van der Waals surface area contributed by atoms with Gasteiger partial charge in [0.2, 0.25) is 0 Å². The van der Waals surface area contributed by atoms with Crippen molar-refractivity contribution in [2.45, 2.75) is 45.9 Å². The fraction of sp³-hybridized carbons (Fsp3) is 0.900. The number of carbonyl (C=O) groups excluding carboxylic acids is 1. The van der Waals surface area contributed by atoms with Crippen molar-refractivity contribution in [3.05, 3.63) is 0 Å². The Morgan fingerprint density at radius 1 is 1.38 bits per heavy atom. The molecule has 3 nitrogen and oxygen atoms in total. The van der Waals surface area contributed by atoms with Gasteiger partial charge >= 0.3 is 0 Å². The third kappa shape index (κ3) is 2.78. The van der Waals surface area contributed by atoms with Crippen LogP contribution in [0.2, 0.25) is 0 Å². The zero-order valence-corrected chi connectivity index (χ0v) is 8.91. The predicted molar refractivity (Wildman–Crippen MR) is 51.7 cm³/mol. The van der Waals surface area contributed by atoms with Gasteiger partial charge in [0.1, 0.15) is 5.78 Å². The molecule has 0 radical (unpaired) electrons. The average molecular weight is 185 g/mol. The van der Waals surface area contributed by atoms with E-state index in [1.54, 1.807) is 6.92 Å². The fourth-order valence-corrected chi connectivity index (χ4v) is 1.79. The van der Waals surface area contributed by atoms with Crippen LogP contribution in [-0.4, -0.2) is 42.0 Å². The zero-order chi connectivity index (χ0) is 10.0. The molecule has 0 amide bonds. The number of Topliss-reactive ketones (excluding diaryl/α,β-unsaturated/α-hetero) is 1. The molecule has 13 heavy (non-hydrogen) atoms. The highest BCUT2D eigenvalue weighted by atomic mass is 16.5. The van der Waals surface area contributed by atoms with Crippen molar-refractivity contribution < 1.29 is 9.53 Å². The molecule has 1 saturated heterocycles. The van der Waals surface area contributed by atoms with E-state index in [4.69, 9.17) is 4.74 Å². The highest BCUT2D eigenvalue weighted by Gasteiger charge is 2.27. The topological polar surface area (TPSA) is 29.5 Å². The van der Waals surface area contributed by atoms with E-state index in [1.807, 2.05) is 6.92 Å². The number of morpholine rings is 1. The lowest BCUT2D eigenvalue weighted by molar-refractivity contribution is -0.127. The van der Waals surface area contributed by atoms with E-state index in [-0.39, 0.29) is 24.0 Å². The van der Waals surface area contributed by atoms with Crippen LogP contribution in [0.1, 0.15) is 27.7 Å². The summed E-state index contributed by atoms with van der Waals surface area (Å²) in [6.45, 7) is 9.45. The molecular formula is C10H19NO2. The van der Waals surface area contributed by atoms with Crippen molar-refractivity contribution in [1.29, 1.82) is 0 Å². The molecule has 0 aromatic heterocycles. The van der Waals surface area contributed by atoms with Gasteiger partial charge in [0.05, 0.1) is 18.2 Å². The Morgan fingerprint density at radius 2 is 1.85 bits per heavy atom. The summed E-state index contributed by atoms with van der Waals surface area (Å²) >= 11 is 0. The molecule has 0 aromatic rings. The highest BCUT2D eigenvalue weighted by Crippen LogP contribution is 2.13. The van der Waals surface area contributed by atoms with Gasteiger partial charge in [0.15, 0.2) is 0 Å². The summed E-state index contributed by atoms with van der Waals surface area (Å²) in [5.74, 6) is 0.237. The van der Waals surface area contributed by atoms with Gasteiger partial charge in [0.25, 0.3) is 0 Å². The summed E-state index contributed by atoms with van der Waals surface area (Å²) in [5, 5.41) is 0. The third-order valence-corrected chi connectivity index (χ3v) is 2.58. The molecule has 1 unspecified atom stereocenters. The van der Waals surface area contributed by atoms with Crippen molar-refractivity contribution in [1.82, 2.24) is 4.90 Å². The minimum Gasteiger partial charge on any atom is -0.373 e. The Hall–Kier alpha value is -0.410. The number of rotatable bonds is 2. The molecule has 1 aliphatic rings. The van der Waals surface area contributed by atoms with Crippen LogP contribution in [0.25, 0.3) is 0 Å².